The summed E-state index contributed by atoms with van der Waals surface area (Å²) in [5.74, 6) is 1.63. The van der Waals surface area contributed by atoms with Gasteiger partial charge in [-0.1, -0.05) is 54.5 Å². The van der Waals surface area contributed by atoms with E-state index >= 15 is 0 Å². The van der Waals surface area contributed by atoms with Gasteiger partial charge in [-0.3, -0.25) is 4.79 Å². The summed E-state index contributed by atoms with van der Waals surface area (Å²) in [6, 6.07) is 17.6. The van der Waals surface area contributed by atoms with E-state index in [1.807, 2.05) is 49.5 Å². The number of nitrogens with zero attached hydrogens (tertiary/aromatic N) is 3. The van der Waals surface area contributed by atoms with E-state index in [2.05, 4.69) is 29.2 Å². The second kappa shape index (κ2) is 9.17. The molecule has 0 fully saturated rings. The van der Waals surface area contributed by atoms with E-state index in [1.165, 1.54) is 0 Å². The highest BCUT2D eigenvalue weighted by atomic mass is 16.5. The largest absolute Gasteiger partial charge is 0.496 e. The average molecular weight is 379 g/mol. The molecule has 0 saturated heterocycles. The van der Waals surface area contributed by atoms with Crippen LogP contribution in [-0.4, -0.2) is 35.1 Å². The van der Waals surface area contributed by atoms with Crippen molar-refractivity contribution in [1.29, 1.82) is 0 Å². The third-order valence-electron chi connectivity index (χ3n) is 4.80. The van der Waals surface area contributed by atoms with Gasteiger partial charge in [-0.25, -0.2) is 0 Å². The molecule has 6 heteroatoms. The molecular weight excluding hydrogens is 354 g/mol. The third kappa shape index (κ3) is 4.39. The van der Waals surface area contributed by atoms with Gasteiger partial charge in [0.2, 0.25) is 17.6 Å². The predicted molar refractivity (Wildman–Crippen MR) is 107 cm³/mol. The Kier molecular flexibility index (Phi) is 6.42. The van der Waals surface area contributed by atoms with E-state index in [0.29, 0.717) is 30.3 Å². The zero-order valence-corrected chi connectivity index (χ0v) is 16.5. The second-order valence-electron chi connectivity index (χ2n) is 6.55. The number of carbonyl (C=O) groups excluding carboxylic acids is 1. The van der Waals surface area contributed by atoms with Gasteiger partial charge in [0.1, 0.15) is 5.75 Å². The Labute approximate surface area is 165 Å². The molecule has 1 aromatic heterocycles. The van der Waals surface area contributed by atoms with Crippen LogP contribution in [0.25, 0.3) is 11.4 Å². The summed E-state index contributed by atoms with van der Waals surface area (Å²) in [4.78, 5) is 18.9. The number of benzene rings is 2. The van der Waals surface area contributed by atoms with Crippen molar-refractivity contribution in [2.24, 2.45) is 0 Å². The number of hydrogen-bond donors (Lipinski definition) is 0. The Bertz CT molecular complexity index is 908. The van der Waals surface area contributed by atoms with Crippen LogP contribution in [0.3, 0.4) is 0 Å². The molecule has 2 aromatic carbocycles. The highest BCUT2D eigenvalue weighted by Gasteiger charge is 2.21. The topological polar surface area (TPSA) is 68.5 Å². The Morgan fingerprint density at radius 1 is 1.14 bits per heavy atom. The van der Waals surface area contributed by atoms with Gasteiger partial charge in [0, 0.05) is 19.9 Å². The van der Waals surface area contributed by atoms with Crippen LogP contribution in [0, 0.1) is 0 Å². The van der Waals surface area contributed by atoms with Crippen LogP contribution in [0.2, 0.25) is 0 Å². The molecule has 1 atom stereocenters. The van der Waals surface area contributed by atoms with Crippen LogP contribution in [-0.2, 0) is 11.2 Å². The lowest BCUT2D eigenvalue weighted by atomic mass is 10.0. The summed E-state index contributed by atoms with van der Waals surface area (Å²) in [6.45, 7) is 2.08. The van der Waals surface area contributed by atoms with Gasteiger partial charge in [0.15, 0.2) is 0 Å². The van der Waals surface area contributed by atoms with Gasteiger partial charge in [0.05, 0.1) is 18.7 Å². The van der Waals surface area contributed by atoms with E-state index in [0.717, 1.165) is 17.5 Å². The van der Waals surface area contributed by atoms with Gasteiger partial charge < -0.3 is 14.2 Å². The Balaban J connectivity index is 1.64. The van der Waals surface area contributed by atoms with Crippen molar-refractivity contribution in [3.8, 4) is 17.1 Å². The molecule has 1 heterocycles. The summed E-state index contributed by atoms with van der Waals surface area (Å²) in [5.41, 5.74) is 1.90. The van der Waals surface area contributed by atoms with E-state index in [9.17, 15) is 4.79 Å². The van der Waals surface area contributed by atoms with Gasteiger partial charge in [0.25, 0.3) is 0 Å². The molecule has 0 unspecified atom stereocenters. The molecule has 0 aliphatic carbocycles. The third-order valence-corrected chi connectivity index (χ3v) is 4.80. The number of ether oxygens (including phenoxy) is 1. The van der Waals surface area contributed by atoms with Gasteiger partial charge >= 0.3 is 0 Å². The Morgan fingerprint density at radius 2 is 1.86 bits per heavy atom. The molecule has 0 saturated carbocycles. The van der Waals surface area contributed by atoms with E-state index in [-0.39, 0.29) is 11.9 Å². The monoisotopic (exact) mass is 379 g/mol. The van der Waals surface area contributed by atoms with E-state index in [4.69, 9.17) is 9.26 Å². The molecule has 0 radical (unpaired) electrons. The number of para-hydroxylation sites is 1. The number of hydrogen-bond acceptors (Lipinski definition) is 5. The summed E-state index contributed by atoms with van der Waals surface area (Å²) < 4.78 is 10.7. The normalized spacial score (nSPS) is 11.8. The molecule has 0 spiro atoms. The Morgan fingerprint density at radius 3 is 2.57 bits per heavy atom. The molecule has 1 amide bonds. The number of aromatic nitrogens is 2. The first-order valence-corrected chi connectivity index (χ1v) is 9.40. The van der Waals surface area contributed by atoms with Crippen molar-refractivity contribution in [3.05, 3.63) is 66.1 Å². The van der Waals surface area contributed by atoms with Gasteiger partial charge in [-0.15, -0.1) is 0 Å². The quantitative estimate of drug-likeness (QED) is 0.584. The first-order valence-electron chi connectivity index (χ1n) is 9.40. The fourth-order valence-corrected chi connectivity index (χ4v) is 3.27. The minimum Gasteiger partial charge on any atom is -0.496 e. The highest BCUT2D eigenvalue weighted by Crippen LogP contribution is 2.27. The van der Waals surface area contributed by atoms with Crippen molar-refractivity contribution in [3.63, 3.8) is 0 Å². The first kappa shape index (κ1) is 19.6. The highest BCUT2D eigenvalue weighted by molar-refractivity contribution is 5.76. The first-order chi connectivity index (χ1) is 13.6. The van der Waals surface area contributed by atoms with Crippen molar-refractivity contribution in [2.75, 3.05) is 14.2 Å². The van der Waals surface area contributed by atoms with Crippen molar-refractivity contribution in [1.82, 2.24) is 15.0 Å². The molecule has 0 aliphatic rings. The molecule has 28 heavy (non-hydrogen) atoms. The second-order valence-corrected chi connectivity index (χ2v) is 6.55. The van der Waals surface area contributed by atoms with Crippen LogP contribution in [0.4, 0.5) is 0 Å². The summed E-state index contributed by atoms with van der Waals surface area (Å²) in [7, 11) is 3.45. The number of methoxy groups -OCH3 is 1. The molecule has 6 nitrogen and oxygen atoms in total. The molecular formula is C22H25N3O3. The minimum absolute atomic E-state index is 0.0488. The predicted octanol–water partition coefficient (Wildman–Crippen LogP) is 4.29. The SMILES string of the molecule is CC[C@@H](c1ccccc1)N(C)C(=O)CCc1nc(-c2ccccc2OC)no1. The van der Waals surface area contributed by atoms with Crippen molar-refractivity contribution in [2.45, 2.75) is 32.2 Å². The number of amides is 1. The standard InChI is InChI=1S/C22H25N3O3/c1-4-18(16-10-6-5-7-11-16)25(2)21(26)15-14-20-23-22(24-28-20)17-12-8-9-13-19(17)27-3/h5-13,18H,4,14-15H2,1-3H3/t18-/m0/s1. The zero-order valence-electron chi connectivity index (χ0n) is 16.5. The van der Waals surface area contributed by atoms with Crippen LogP contribution in [0.5, 0.6) is 5.75 Å². The number of rotatable bonds is 8. The Hall–Kier alpha value is -3.15. The van der Waals surface area contributed by atoms with Crippen LogP contribution in [0.15, 0.2) is 59.1 Å². The van der Waals surface area contributed by atoms with Gasteiger partial charge in [-0.2, -0.15) is 4.98 Å². The van der Waals surface area contributed by atoms with E-state index in [1.54, 1.807) is 12.0 Å². The molecule has 146 valence electrons. The van der Waals surface area contributed by atoms with Crippen LogP contribution in [0.1, 0.15) is 37.3 Å². The number of aryl methyl sites for hydroxylation is 1. The lowest BCUT2D eigenvalue weighted by molar-refractivity contribution is -0.132. The van der Waals surface area contributed by atoms with Crippen molar-refractivity contribution < 1.29 is 14.1 Å². The summed E-state index contributed by atoms with van der Waals surface area (Å²) >= 11 is 0. The van der Waals surface area contributed by atoms with Crippen molar-refractivity contribution >= 4 is 5.91 Å². The minimum atomic E-state index is 0.0488. The molecule has 0 aliphatic heterocycles. The smallest absolute Gasteiger partial charge is 0.227 e. The van der Waals surface area contributed by atoms with Crippen LogP contribution < -0.4 is 4.74 Å². The summed E-state index contributed by atoms with van der Waals surface area (Å²) in [5, 5.41) is 4.03. The molecule has 3 aromatic rings. The average Bonchev–Trinajstić information content (AvgIpc) is 3.22. The maximum Gasteiger partial charge on any atom is 0.227 e. The summed E-state index contributed by atoms with van der Waals surface area (Å²) in [6.07, 6.45) is 1.56. The molecule has 0 N–H and O–H groups in total. The molecule has 3 rings (SSSR count). The van der Waals surface area contributed by atoms with Crippen LogP contribution >= 0.6 is 0 Å². The van der Waals surface area contributed by atoms with Gasteiger partial charge in [-0.05, 0) is 24.1 Å². The lowest BCUT2D eigenvalue weighted by Crippen LogP contribution is -2.31. The fraction of sp³-hybridized carbons (Fsp3) is 0.318. The molecule has 0 bridgehead atoms. The zero-order chi connectivity index (χ0) is 19.9. The maximum atomic E-state index is 12.7. The number of carbonyl (C=O) groups is 1. The van der Waals surface area contributed by atoms with E-state index < -0.39 is 0 Å². The maximum absolute atomic E-state index is 12.7. The lowest BCUT2D eigenvalue weighted by Gasteiger charge is -2.27. The fourth-order valence-electron chi connectivity index (χ4n) is 3.27.